The quantitative estimate of drug-likeness (QED) is 0.422. The van der Waals surface area contributed by atoms with Crippen LogP contribution in [0.4, 0.5) is 5.82 Å². The number of nitrogen functional groups attached to an aromatic ring is 1. The molecule has 1 aromatic carbocycles. The summed E-state index contributed by atoms with van der Waals surface area (Å²) in [5, 5.41) is 1.23. The first kappa shape index (κ1) is 23.7. The van der Waals surface area contributed by atoms with Crippen LogP contribution in [-0.2, 0) is 6.61 Å². The molecule has 2 N–H and O–H groups in total. The van der Waals surface area contributed by atoms with Crippen molar-refractivity contribution in [2.24, 2.45) is 5.92 Å². The third-order valence-corrected chi connectivity index (χ3v) is 8.34. The predicted molar refractivity (Wildman–Crippen MR) is 138 cm³/mol. The molecule has 176 valence electrons. The van der Waals surface area contributed by atoms with Gasteiger partial charge in [-0.15, -0.1) is 11.3 Å². The van der Waals surface area contributed by atoms with Gasteiger partial charge in [-0.3, -0.25) is 0 Å². The Morgan fingerprint density at radius 3 is 2.70 bits per heavy atom. The third kappa shape index (κ3) is 5.74. The van der Waals surface area contributed by atoms with Gasteiger partial charge in [-0.25, -0.2) is 9.97 Å². The molecule has 0 saturated carbocycles. The summed E-state index contributed by atoms with van der Waals surface area (Å²) in [5.74, 6) is 2.78. The van der Waals surface area contributed by atoms with Gasteiger partial charge in [0.1, 0.15) is 6.61 Å². The van der Waals surface area contributed by atoms with Gasteiger partial charge < -0.3 is 15.4 Å². The Kier molecular flexibility index (Phi) is 7.66. The van der Waals surface area contributed by atoms with Crippen LogP contribution in [0.25, 0.3) is 10.4 Å². The van der Waals surface area contributed by atoms with E-state index in [4.69, 9.17) is 15.5 Å². The highest BCUT2D eigenvalue weighted by Crippen LogP contribution is 2.36. The molecule has 3 heterocycles. The van der Waals surface area contributed by atoms with E-state index >= 15 is 0 Å². The molecule has 0 bridgehead atoms. The maximum Gasteiger partial charge on any atom is 0.166 e. The number of rotatable bonds is 8. The van der Waals surface area contributed by atoms with Crippen LogP contribution in [0.15, 0.2) is 42.7 Å². The number of aromatic nitrogens is 2. The molecule has 3 aromatic rings. The molecule has 0 aliphatic carbocycles. The number of piperidine rings is 1. The van der Waals surface area contributed by atoms with Gasteiger partial charge in [0.25, 0.3) is 0 Å². The lowest BCUT2D eigenvalue weighted by molar-refractivity contribution is 0.255. The minimum atomic E-state index is 0.419. The highest BCUT2D eigenvalue weighted by Gasteiger charge is 2.21. The lowest BCUT2D eigenvalue weighted by atomic mass is 9.87. The van der Waals surface area contributed by atoms with E-state index in [0.717, 1.165) is 29.1 Å². The molecule has 1 saturated heterocycles. The van der Waals surface area contributed by atoms with E-state index in [1.165, 1.54) is 29.8 Å². The van der Waals surface area contributed by atoms with Crippen molar-refractivity contribution < 1.29 is 4.74 Å². The standard InChI is InChI=1S/C27H36N4OS/c1-5-18(2)19(3)22-8-6-7-20(13-22)17-32-24-14-23(15-29-26(24)28)25-16-30-27(33-25)21-9-11-31(4)12-10-21/h6-8,13-16,18-19,21H,5,9-12,17H2,1-4H3,(H2,28,29). The minimum absolute atomic E-state index is 0.419. The van der Waals surface area contributed by atoms with E-state index in [0.29, 0.717) is 35.9 Å². The Labute approximate surface area is 202 Å². The van der Waals surface area contributed by atoms with Gasteiger partial charge in [0, 0.05) is 23.9 Å². The summed E-state index contributed by atoms with van der Waals surface area (Å²) in [7, 11) is 2.19. The van der Waals surface area contributed by atoms with Gasteiger partial charge in [0.05, 0.1) is 9.88 Å². The lowest BCUT2D eigenvalue weighted by Gasteiger charge is -2.27. The Morgan fingerprint density at radius 1 is 1.15 bits per heavy atom. The van der Waals surface area contributed by atoms with E-state index in [1.807, 2.05) is 18.5 Å². The first-order valence-electron chi connectivity index (χ1n) is 12.1. The number of ether oxygens (including phenoxy) is 1. The summed E-state index contributed by atoms with van der Waals surface area (Å²) in [6.45, 7) is 9.60. The van der Waals surface area contributed by atoms with Crippen molar-refractivity contribution in [1.29, 1.82) is 0 Å². The molecular weight excluding hydrogens is 428 g/mol. The monoisotopic (exact) mass is 464 g/mol. The first-order valence-corrected chi connectivity index (χ1v) is 12.9. The van der Waals surface area contributed by atoms with Crippen molar-refractivity contribution in [1.82, 2.24) is 14.9 Å². The van der Waals surface area contributed by atoms with Crippen molar-refractivity contribution in [2.75, 3.05) is 25.9 Å². The summed E-state index contributed by atoms with van der Waals surface area (Å²) in [5.41, 5.74) is 9.66. The molecule has 1 aliphatic heterocycles. The minimum Gasteiger partial charge on any atom is -0.485 e. The Bertz CT molecular complexity index is 1060. The fraction of sp³-hybridized carbons (Fsp3) is 0.481. The molecule has 5 nitrogen and oxygen atoms in total. The second-order valence-corrected chi connectivity index (χ2v) is 10.5. The molecule has 2 aromatic heterocycles. The number of hydrogen-bond acceptors (Lipinski definition) is 6. The van der Waals surface area contributed by atoms with Crippen LogP contribution in [-0.4, -0.2) is 35.0 Å². The van der Waals surface area contributed by atoms with Gasteiger partial charge in [-0.2, -0.15) is 0 Å². The third-order valence-electron chi connectivity index (χ3n) is 7.13. The molecule has 1 aliphatic rings. The molecule has 2 unspecified atom stereocenters. The van der Waals surface area contributed by atoms with Crippen molar-refractivity contribution in [2.45, 2.75) is 58.5 Å². The number of nitrogens with two attached hydrogens (primary N) is 1. The van der Waals surface area contributed by atoms with Crippen LogP contribution in [0.3, 0.4) is 0 Å². The second-order valence-electron chi connectivity index (χ2n) is 9.46. The summed E-state index contributed by atoms with van der Waals surface area (Å²) in [4.78, 5) is 12.6. The van der Waals surface area contributed by atoms with E-state index in [-0.39, 0.29) is 0 Å². The molecule has 0 amide bonds. The number of thiazole rings is 1. The molecule has 4 rings (SSSR count). The SMILES string of the molecule is CCC(C)C(C)c1cccc(COc2cc(-c3cnc(C4CCN(C)CC4)s3)cnc2N)c1. The number of pyridine rings is 1. The number of nitrogens with zero attached hydrogens (tertiary/aromatic N) is 3. The van der Waals surface area contributed by atoms with Gasteiger partial charge in [0.2, 0.25) is 0 Å². The Morgan fingerprint density at radius 2 is 1.94 bits per heavy atom. The number of hydrogen-bond donors (Lipinski definition) is 1. The lowest BCUT2D eigenvalue weighted by Crippen LogP contribution is -2.29. The molecule has 0 spiro atoms. The number of benzene rings is 1. The van der Waals surface area contributed by atoms with Crippen LogP contribution < -0.4 is 10.5 Å². The highest BCUT2D eigenvalue weighted by atomic mass is 32.1. The summed E-state index contributed by atoms with van der Waals surface area (Å²) < 4.78 is 6.13. The van der Waals surface area contributed by atoms with E-state index in [1.54, 1.807) is 11.3 Å². The average Bonchev–Trinajstić information content (AvgIpc) is 3.33. The van der Waals surface area contributed by atoms with Gasteiger partial charge >= 0.3 is 0 Å². The molecule has 2 atom stereocenters. The maximum atomic E-state index is 6.15. The van der Waals surface area contributed by atoms with Crippen molar-refractivity contribution >= 4 is 17.2 Å². The van der Waals surface area contributed by atoms with Gasteiger partial charge in [0.15, 0.2) is 11.6 Å². The van der Waals surface area contributed by atoms with Crippen molar-refractivity contribution in [3.05, 3.63) is 58.9 Å². The number of likely N-dealkylation sites (tertiary alicyclic amines) is 1. The zero-order chi connectivity index (χ0) is 23.4. The molecule has 0 radical (unpaired) electrons. The van der Waals surface area contributed by atoms with Crippen LogP contribution >= 0.6 is 11.3 Å². The molecule has 1 fully saturated rings. The summed E-state index contributed by atoms with van der Waals surface area (Å²) in [6.07, 6.45) is 7.31. The van der Waals surface area contributed by atoms with Crippen molar-refractivity contribution in [3.63, 3.8) is 0 Å². The summed E-state index contributed by atoms with van der Waals surface area (Å²) >= 11 is 1.77. The molecule has 6 heteroatoms. The van der Waals surface area contributed by atoms with E-state index in [9.17, 15) is 0 Å². The van der Waals surface area contributed by atoms with E-state index in [2.05, 4.69) is 62.0 Å². The second kappa shape index (κ2) is 10.7. The zero-order valence-electron chi connectivity index (χ0n) is 20.3. The van der Waals surface area contributed by atoms with Gasteiger partial charge in [-0.1, -0.05) is 51.5 Å². The van der Waals surface area contributed by atoms with Gasteiger partial charge in [-0.05, 0) is 62.0 Å². The van der Waals surface area contributed by atoms with Crippen LogP contribution in [0, 0.1) is 5.92 Å². The van der Waals surface area contributed by atoms with E-state index < -0.39 is 0 Å². The normalized spacial score (nSPS) is 17.1. The average molecular weight is 465 g/mol. The Balaban J connectivity index is 1.45. The molecular formula is C27H36N4OS. The number of anilines is 1. The summed E-state index contributed by atoms with van der Waals surface area (Å²) in [6, 6.07) is 10.7. The maximum absolute atomic E-state index is 6.15. The van der Waals surface area contributed by atoms with Crippen LogP contribution in [0.5, 0.6) is 5.75 Å². The van der Waals surface area contributed by atoms with Crippen molar-refractivity contribution in [3.8, 4) is 16.2 Å². The topological polar surface area (TPSA) is 64.3 Å². The molecule has 33 heavy (non-hydrogen) atoms. The Hall–Kier alpha value is -2.44. The van der Waals surface area contributed by atoms with Crippen LogP contribution in [0.2, 0.25) is 0 Å². The smallest absolute Gasteiger partial charge is 0.166 e. The highest BCUT2D eigenvalue weighted by molar-refractivity contribution is 7.15. The predicted octanol–water partition coefficient (Wildman–Crippen LogP) is 6.33. The fourth-order valence-corrected chi connectivity index (χ4v) is 5.45. The largest absolute Gasteiger partial charge is 0.485 e. The van der Waals surface area contributed by atoms with Crippen LogP contribution in [0.1, 0.15) is 68.0 Å². The zero-order valence-corrected chi connectivity index (χ0v) is 21.1. The fourth-order valence-electron chi connectivity index (χ4n) is 4.38. The first-order chi connectivity index (χ1) is 15.9.